The minimum atomic E-state index is 0.0429. The molecule has 18 heavy (non-hydrogen) atoms. The number of phenols is 1. The van der Waals surface area contributed by atoms with E-state index in [0.29, 0.717) is 11.0 Å². The Kier molecular flexibility index (Phi) is 2.57. The first kappa shape index (κ1) is 10.9. The number of fused-ring (bicyclic) bond motifs is 1. The van der Waals surface area contributed by atoms with Gasteiger partial charge in [0.15, 0.2) is 0 Å². The van der Waals surface area contributed by atoms with E-state index >= 15 is 0 Å². The highest BCUT2D eigenvalue weighted by molar-refractivity contribution is 6.32. The second-order valence-electron chi connectivity index (χ2n) is 3.86. The van der Waals surface area contributed by atoms with Crippen molar-refractivity contribution in [3.8, 4) is 5.75 Å². The summed E-state index contributed by atoms with van der Waals surface area (Å²) in [5, 5.41) is 13.0. The fourth-order valence-electron chi connectivity index (χ4n) is 1.78. The van der Waals surface area contributed by atoms with E-state index in [-0.39, 0.29) is 5.75 Å². The van der Waals surface area contributed by atoms with E-state index in [1.165, 1.54) is 0 Å². The van der Waals surface area contributed by atoms with Crippen molar-refractivity contribution in [3.63, 3.8) is 0 Å². The highest BCUT2D eigenvalue weighted by Gasteiger charge is 2.04. The predicted octanol–water partition coefficient (Wildman–Crippen LogP) is 3.44. The summed E-state index contributed by atoms with van der Waals surface area (Å²) in [6, 6.07) is 10.8. The summed E-state index contributed by atoms with van der Waals surface area (Å²) in [6.07, 6.45) is 3.65. The fraction of sp³-hybridized carbons (Fsp3) is 0. The van der Waals surface area contributed by atoms with Gasteiger partial charge in [0.25, 0.3) is 0 Å². The van der Waals surface area contributed by atoms with Crippen LogP contribution >= 0.6 is 11.6 Å². The smallest absolute Gasteiger partial charge is 0.211 e. The number of anilines is 2. The van der Waals surface area contributed by atoms with Gasteiger partial charge in [0.1, 0.15) is 5.75 Å². The third-order valence-electron chi connectivity index (χ3n) is 2.65. The normalized spacial score (nSPS) is 10.7. The van der Waals surface area contributed by atoms with Crippen LogP contribution in [0, 0.1) is 0 Å². The number of hydrogen-bond donors (Lipinski definition) is 2. The number of halogens is 1. The molecule has 0 spiro atoms. The summed E-state index contributed by atoms with van der Waals surface area (Å²) in [5.41, 5.74) is 1.77. The van der Waals surface area contributed by atoms with Gasteiger partial charge >= 0.3 is 0 Å². The van der Waals surface area contributed by atoms with E-state index in [0.717, 1.165) is 11.2 Å². The van der Waals surface area contributed by atoms with Crippen molar-refractivity contribution in [2.75, 3.05) is 5.32 Å². The fourth-order valence-corrected chi connectivity index (χ4v) is 1.90. The molecule has 1 aromatic carbocycles. The topological polar surface area (TPSA) is 49.6 Å². The van der Waals surface area contributed by atoms with Crippen LogP contribution in [-0.2, 0) is 0 Å². The molecule has 2 heterocycles. The number of rotatable bonds is 2. The average Bonchev–Trinajstić information content (AvgIpc) is 2.83. The Labute approximate surface area is 108 Å². The van der Waals surface area contributed by atoms with Gasteiger partial charge in [-0.05, 0) is 30.3 Å². The van der Waals surface area contributed by atoms with Gasteiger partial charge in [-0.25, -0.2) is 4.98 Å². The van der Waals surface area contributed by atoms with E-state index in [4.69, 9.17) is 11.6 Å². The Morgan fingerprint density at radius 1 is 1.22 bits per heavy atom. The molecule has 5 heteroatoms. The second kappa shape index (κ2) is 4.23. The molecule has 0 saturated carbocycles. The van der Waals surface area contributed by atoms with Crippen LogP contribution in [0.4, 0.5) is 11.6 Å². The number of nitrogens with one attached hydrogen (secondary N) is 1. The Morgan fingerprint density at radius 3 is 2.94 bits per heavy atom. The molecular weight excluding hydrogens is 250 g/mol. The first-order valence-corrected chi connectivity index (χ1v) is 5.79. The van der Waals surface area contributed by atoms with E-state index in [1.54, 1.807) is 24.4 Å². The zero-order valence-electron chi connectivity index (χ0n) is 9.34. The molecule has 0 atom stereocenters. The van der Waals surface area contributed by atoms with Crippen molar-refractivity contribution >= 4 is 28.8 Å². The number of aromatic hydroxyl groups is 1. The molecule has 0 aliphatic carbocycles. The lowest BCUT2D eigenvalue weighted by Crippen LogP contribution is -1.99. The number of aromatic nitrogens is 2. The lowest BCUT2D eigenvalue weighted by atomic mass is 10.3. The molecule has 90 valence electrons. The maximum Gasteiger partial charge on any atom is 0.211 e. The van der Waals surface area contributed by atoms with Crippen LogP contribution < -0.4 is 5.32 Å². The monoisotopic (exact) mass is 259 g/mol. The van der Waals surface area contributed by atoms with Crippen LogP contribution in [0.2, 0.25) is 5.02 Å². The van der Waals surface area contributed by atoms with Gasteiger partial charge in [-0.15, -0.1) is 0 Å². The molecule has 0 fully saturated rings. The Morgan fingerprint density at radius 2 is 2.11 bits per heavy atom. The van der Waals surface area contributed by atoms with Crippen molar-refractivity contribution in [1.82, 2.24) is 9.38 Å². The first-order chi connectivity index (χ1) is 8.74. The average molecular weight is 260 g/mol. The Bertz CT molecular complexity index is 708. The SMILES string of the molecule is Oc1cc(Nc2nccc3cccn23)ccc1Cl. The van der Waals surface area contributed by atoms with Crippen molar-refractivity contribution in [2.24, 2.45) is 0 Å². The summed E-state index contributed by atoms with van der Waals surface area (Å²) < 4.78 is 1.92. The van der Waals surface area contributed by atoms with Gasteiger partial charge in [0, 0.05) is 29.7 Å². The van der Waals surface area contributed by atoms with E-state index < -0.39 is 0 Å². The molecule has 2 aromatic heterocycles. The predicted molar refractivity (Wildman–Crippen MR) is 71.6 cm³/mol. The zero-order valence-corrected chi connectivity index (χ0v) is 10.1. The van der Waals surface area contributed by atoms with Gasteiger partial charge < -0.3 is 10.4 Å². The standard InChI is InChI=1S/C13H10ClN3O/c14-11-4-3-9(8-12(11)18)16-13-15-6-5-10-2-1-7-17(10)13/h1-8,18H,(H,15,16). The Hall–Kier alpha value is -2.20. The van der Waals surface area contributed by atoms with Crippen LogP contribution in [0.3, 0.4) is 0 Å². The molecule has 0 bridgehead atoms. The molecular formula is C13H10ClN3O. The van der Waals surface area contributed by atoms with Crippen molar-refractivity contribution in [1.29, 1.82) is 0 Å². The lowest BCUT2D eigenvalue weighted by molar-refractivity contribution is 0.476. The van der Waals surface area contributed by atoms with Gasteiger partial charge in [-0.1, -0.05) is 11.6 Å². The molecule has 0 aliphatic heterocycles. The zero-order chi connectivity index (χ0) is 12.5. The number of phenolic OH excluding ortho intramolecular Hbond substituents is 1. The van der Waals surface area contributed by atoms with Gasteiger partial charge in [-0.3, -0.25) is 4.40 Å². The van der Waals surface area contributed by atoms with Crippen LogP contribution in [-0.4, -0.2) is 14.5 Å². The highest BCUT2D eigenvalue weighted by atomic mass is 35.5. The van der Waals surface area contributed by atoms with E-state index in [2.05, 4.69) is 10.3 Å². The van der Waals surface area contributed by atoms with Gasteiger partial charge in [0.2, 0.25) is 5.95 Å². The quantitative estimate of drug-likeness (QED) is 0.741. The molecule has 2 N–H and O–H groups in total. The van der Waals surface area contributed by atoms with Crippen LogP contribution in [0.15, 0.2) is 48.8 Å². The number of nitrogens with zero attached hydrogens (tertiary/aromatic N) is 2. The molecule has 0 radical (unpaired) electrons. The molecule has 0 aliphatic rings. The third kappa shape index (κ3) is 1.87. The Balaban J connectivity index is 2.01. The van der Waals surface area contributed by atoms with Crippen LogP contribution in [0.5, 0.6) is 5.75 Å². The molecule has 4 nitrogen and oxygen atoms in total. The van der Waals surface area contributed by atoms with E-state index in [1.807, 2.05) is 28.8 Å². The molecule has 0 unspecified atom stereocenters. The highest BCUT2D eigenvalue weighted by Crippen LogP contribution is 2.27. The molecule has 3 rings (SSSR count). The number of benzene rings is 1. The summed E-state index contributed by atoms with van der Waals surface area (Å²) in [5.74, 6) is 0.723. The summed E-state index contributed by atoms with van der Waals surface area (Å²) >= 11 is 5.76. The van der Waals surface area contributed by atoms with E-state index in [9.17, 15) is 5.11 Å². The van der Waals surface area contributed by atoms with Gasteiger partial charge in [-0.2, -0.15) is 0 Å². The third-order valence-corrected chi connectivity index (χ3v) is 2.97. The number of hydrogen-bond acceptors (Lipinski definition) is 3. The first-order valence-electron chi connectivity index (χ1n) is 5.42. The van der Waals surface area contributed by atoms with Crippen LogP contribution in [0.1, 0.15) is 0 Å². The minimum absolute atomic E-state index is 0.0429. The summed E-state index contributed by atoms with van der Waals surface area (Å²) in [6.45, 7) is 0. The van der Waals surface area contributed by atoms with Crippen molar-refractivity contribution in [3.05, 3.63) is 53.8 Å². The van der Waals surface area contributed by atoms with Crippen molar-refractivity contribution in [2.45, 2.75) is 0 Å². The molecule has 0 saturated heterocycles. The lowest BCUT2D eigenvalue weighted by Gasteiger charge is -2.08. The van der Waals surface area contributed by atoms with Crippen LogP contribution in [0.25, 0.3) is 5.52 Å². The van der Waals surface area contributed by atoms with Gasteiger partial charge in [0.05, 0.1) is 5.02 Å². The maximum absolute atomic E-state index is 9.55. The van der Waals surface area contributed by atoms with Crippen molar-refractivity contribution < 1.29 is 5.11 Å². The maximum atomic E-state index is 9.55. The largest absolute Gasteiger partial charge is 0.506 e. The molecule has 0 amide bonds. The minimum Gasteiger partial charge on any atom is -0.506 e. The molecule has 3 aromatic rings. The summed E-state index contributed by atoms with van der Waals surface area (Å²) in [4.78, 5) is 4.26. The summed E-state index contributed by atoms with van der Waals surface area (Å²) in [7, 11) is 0. The second-order valence-corrected chi connectivity index (χ2v) is 4.27.